The van der Waals surface area contributed by atoms with Crippen molar-refractivity contribution >= 4 is 38.9 Å². The number of benzene rings is 2. The molecule has 0 unspecified atom stereocenters. The van der Waals surface area contributed by atoms with Crippen LogP contribution in [0.4, 0.5) is 21.5 Å². The molecule has 0 saturated carbocycles. The molecule has 0 aliphatic carbocycles. The van der Waals surface area contributed by atoms with Crippen LogP contribution in [-0.4, -0.2) is 13.0 Å². The summed E-state index contributed by atoms with van der Waals surface area (Å²) in [6, 6.07) is 7.52. The van der Waals surface area contributed by atoms with Crippen LogP contribution >= 0.6 is 15.9 Å². The fourth-order valence-electron chi connectivity index (χ4n) is 1.81. The summed E-state index contributed by atoms with van der Waals surface area (Å²) < 4.78 is 19.8. The maximum atomic E-state index is 13.9. The number of rotatable bonds is 4. The predicted octanol–water partition coefficient (Wildman–Crippen LogP) is 3.02. The first-order valence-electron chi connectivity index (χ1n) is 5.91. The molecule has 21 heavy (non-hydrogen) atoms. The molecule has 0 fully saturated rings. The van der Waals surface area contributed by atoms with E-state index in [1.807, 2.05) is 0 Å². The smallest absolute Gasteiger partial charge is 0.250 e. The van der Waals surface area contributed by atoms with E-state index in [1.165, 1.54) is 13.2 Å². The highest BCUT2D eigenvalue weighted by molar-refractivity contribution is 9.10. The van der Waals surface area contributed by atoms with Gasteiger partial charge in [-0.25, -0.2) is 4.39 Å². The summed E-state index contributed by atoms with van der Waals surface area (Å²) in [5, 5.41) is 2.86. The maximum absolute atomic E-state index is 13.9. The minimum Gasteiger partial charge on any atom is -0.497 e. The maximum Gasteiger partial charge on any atom is 0.250 e. The van der Waals surface area contributed by atoms with Crippen molar-refractivity contribution in [1.29, 1.82) is 0 Å². The van der Waals surface area contributed by atoms with Crippen LogP contribution in [0.2, 0.25) is 0 Å². The van der Waals surface area contributed by atoms with Gasteiger partial charge in [0.25, 0.3) is 5.91 Å². The van der Waals surface area contributed by atoms with Crippen molar-refractivity contribution in [3.8, 4) is 5.75 Å². The highest BCUT2D eigenvalue weighted by Crippen LogP contribution is 2.29. The molecule has 0 bridgehead atoms. The van der Waals surface area contributed by atoms with Gasteiger partial charge in [0, 0.05) is 21.9 Å². The molecule has 0 atom stereocenters. The van der Waals surface area contributed by atoms with Crippen molar-refractivity contribution in [1.82, 2.24) is 0 Å². The van der Waals surface area contributed by atoms with Crippen LogP contribution in [0.25, 0.3) is 0 Å². The molecule has 7 heteroatoms. The van der Waals surface area contributed by atoms with Gasteiger partial charge in [0.2, 0.25) is 0 Å². The van der Waals surface area contributed by atoms with Crippen molar-refractivity contribution in [2.45, 2.75) is 0 Å². The number of hydrogen-bond donors (Lipinski definition) is 3. The zero-order valence-corrected chi connectivity index (χ0v) is 12.7. The van der Waals surface area contributed by atoms with Gasteiger partial charge >= 0.3 is 0 Å². The van der Waals surface area contributed by atoms with Gasteiger partial charge < -0.3 is 21.5 Å². The van der Waals surface area contributed by atoms with Crippen LogP contribution in [0.5, 0.6) is 5.75 Å². The number of ether oxygens (including phenoxy) is 1. The number of methoxy groups -OCH3 is 1. The van der Waals surface area contributed by atoms with Crippen LogP contribution in [0, 0.1) is 5.82 Å². The molecule has 0 spiro atoms. The molecule has 0 heterocycles. The number of primary amides is 1. The van der Waals surface area contributed by atoms with Crippen molar-refractivity contribution in [2.75, 3.05) is 18.2 Å². The first-order valence-corrected chi connectivity index (χ1v) is 6.70. The molecule has 0 radical (unpaired) electrons. The first kappa shape index (κ1) is 15.1. The van der Waals surface area contributed by atoms with Crippen molar-refractivity contribution < 1.29 is 13.9 Å². The molecule has 5 N–H and O–H groups in total. The molecule has 5 nitrogen and oxygen atoms in total. The highest BCUT2D eigenvalue weighted by atomic mass is 79.9. The number of nitrogens with one attached hydrogen (secondary N) is 1. The monoisotopic (exact) mass is 353 g/mol. The lowest BCUT2D eigenvalue weighted by molar-refractivity contribution is 0.100. The second-order valence-corrected chi connectivity index (χ2v) is 5.20. The first-order chi connectivity index (χ1) is 9.90. The third-order valence-electron chi connectivity index (χ3n) is 2.79. The van der Waals surface area contributed by atoms with E-state index < -0.39 is 11.7 Å². The molecule has 2 aromatic rings. The number of carbonyl (C=O) groups is 1. The Balaban J connectivity index is 2.41. The lowest BCUT2D eigenvalue weighted by Crippen LogP contribution is -2.14. The summed E-state index contributed by atoms with van der Waals surface area (Å²) in [7, 11) is 1.53. The quantitative estimate of drug-likeness (QED) is 0.736. The zero-order valence-electron chi connectivity index (χ0n) is 11.1. The summed E-state index contributed by atoms with van der Waals surface area (Å²) in [5.41, 5.74) is 11.5. The third-order valence-corrected chi connectivity index (χ3v) is 3.25. The van der Waals surface area contributed by atoms with Gasteiger partial charge in [0.1, 0.15) is 11.6 Å². The van der Waals surface area contributed by atoms with Crippen LogP contribution in [-0.2, 0) is 0 Å². The van der Waals surface area contributed by atoms with E-state index in [0.29, 0.717) is 11.4 Å². The van der Waals surface area contributed by atoms with Gasteiger partial charge in [0.15, 0.2) is 0 Å². The summed E-state index contributed by atoms with van der Waals surface area (Å²) in [4.78, 5) is 11.3. The van der Waals surface area contributed by atoms with Gasteiger partial charge in [-0.05, 0) is 24.3 Å². The van der Waals surface area contributed by atoms with E-state index >= 15 is 0 Å². The van der Waals surface area contributed by atoms with Gasteiger partial charge in [-0.15, -0.1) is 0 Å². The zero-order chi connectivity index (χ0) is 15.6. The van der Waals surface area contributed by atoms with E-state index in [-0.39, 0.29) is 16.9 Å². The molecule has 0 aliphatic heterocycles. The minimum atomic E-state index is -0.720. The Bertz CT molecular complexity index is 707. The van der Waals surface area contributed by atoms with Crippen molar-refractivity contribution in [3.05, 3.63) is 46.2 Å². The van der Waals surface area contributed by atoms with Crippen LogP contribution < -0.4 is 21.5 Å². The van der Waals surface area contributed by atoms with E-state index in [0.717, 1.165) is 10.5 Å². The lowest BCUT2D eigenvalue weighted by atomic mass is 10.1. The number of anilines is 3. The molecular weight excluding hydrogens is 341 g/mol. The van der Waals surface area contributed by atoms with Crippen molar-refractivity contribution in [3.63, 3.8) is 0 Å². The summed E-state index contributed by atoms with van der Waals surface area (Å²) in [6.07, 6.45) is 0. The topological polar surface area (TPSA) is 90.4 Å². The lowest BCUT2D eigenvalue weighted by Gasteiger charge is -2.12. The second kappa shape index (κ2) is 6.01. The minimum absolute atomic E-state index is 0.00243. The number of nitrogens with two attached hydrogens (primary N) is 2. The number of nitrogen functional groups attached to an aromatic ring is 1. The molecule has 0 aliphatic rings. The molecule has 0 aromatic heterocycles. The normalized spacial score (nSPS) is 10.2. The van der Waals surface area contributed by atoms with Crippen molar-refractivity contribution in [2.24, 2.45) is 5.73 Å². The predicted molar refractivity (Wildman–Crippen MR) is 83.3 cm³/mol. The van der Waals surface area contributed by atoms with Crippen LogP contribution in [0.15, 0.2) is 34.8 Å². The van der Waals surface area contributed by atoms with Crippen LogP contribution in [0.1, 0.15) is 10.4 Å². The molecular formula is C14H13BrFN3O2. The summed E-state index contributed by atoms with van der Waals surface area (Å²) >= 11 is 3.33. The Morgan fingerprint density at radius 3 is 2.62 bits per heavy atom. The number of hydrogen-bond acceptors (Lipinski definition) is 4. The Labute approximate surface area is 129 Å². The van der Waals surface area contributed by atoms with Crippen LogP contribution in [0.3, 0.4) is 0 Å². The second-order valence-electron chi connectivity index (χ2n) is 4.29. The average Bonchev–Trinajstić information content (AvgIpc) is 2.40. The van der Waals surface area contributed by atoms with Gasteiger partial charge in [-0.2, -0.15) is 0 Å². The van der Waals surface area contributed by atoms with E-state index in [1.54, 1.807) is 18.2 Å². The summed E-state index contributed by atoms with van der Waals surface area (Å²) in [6.45, 7) is 0. The molecule has 0 saturated heterocycles. The Kier molecular flexibility index (Phi) is 4.32. The fourth-order valence-corrected chi connectivity index (χ4v) is 2.28. The van der Waals surface area contributed by atoms with E-state index in [2.05, 4.69) is 21.2 Å². The Morgan fingerprint density at radius 2 is 2.00 bits per heavy atom. The van der Waals surface area contributed by atoms with E-state index in [9.17, 15) is 9.18 Å². The Morgan fingerprint density at radius 1 is 1.29 bits per heavy atom. The van der Waals surface area contributed by atoms with Gasteiger partial charge in [-0.3, -0.25) is 4.79 Å². The Hall–Kier alpha value is -2.28. The largest absolute Gasteiger partial charge is 0.497 e. The third kappa shape index (κ3) is 3.43. The summed E-state index contributed by atoms with van der Waals surface area (Å²) in [5.74, 6) is -0.711. The van der Waals surface area contributed by atoms with E-state index in [4.69, 9.17) is 16.2 Å². The molecule has 110 valence electrons. The number of carbonyl (C=O) groups excluding carboxylic acids is 1. The molecule has 1 amide bonds. The fraction of sp³-hybridized carbons (Fsp3) is 0.0714. The molecule has 2 rings (SSSR count). The standard InChI is InChI=1S/C14H13BrFN3O2/c1-21-9-3-7(15)2-8(4-9)19-13-5-10(14(18)20)12(17)6-11(13)16/h2-6,19H,17H2,1H3,(H2,18,20). The number of halogens is 2. The average molecular weight is 354 g/mol. The van der Waals surface area contributed by atoms with Gasteiger partial charge in [0.05, 0.1) is 18.4 Å². The SMILES string of the molecule is COc1cc(Br)cc(Nc2cc(C(N)=O)c(N)cc2F)c1. The van der Waals surface area contributed by atoms with Gasteiger partial charge in [-0.1, -0.05) is 15.9 Å². The molecule has 2 aromatic carbocycles. The number of amides is 1. The highest BCUT2D eigenvalue weighted by Gasteiger charge is 2.12.